The summed E-state index contributed by atoms with van der Waals surface area (Å²) in [6, 6.07) is 10.8. The second-order valence-electron chi connectivity index (χ2n) is 6.40. The molecule has 0 saturated heterocycles. The third-order valence-corrected chi connectivity index (χ3v) is 4.84. The maximum atomic E-state index is 13.1. The number of aliphatic imine (C=N–C) groups is 1. The van der Waals surface area contributed by atoms with Gasteiger partial charge in [-0.25, -0.2) is 0 Å². The van der Waals surface area contributed by atoms with E-state index in [0.29, 0.717) is 35.2 Å². The van der Waals surface area contributed by atoms with E-state index in [4.69, 9.17) is 14.2 Å². The van der Waals surface area contributed by atoms with Crippen LogP contribution in [0, 0.1) is 0 Å². The second-order valence-corrected chi connectivity index (χ2v) is 6.40. The minimum atomic E-state index is -0.525. The highest BCUT2D eigenvalue weighted by Gasteiger charge is 2.28. The fraction of sp³-hybridized carbons (Fsp3) is 0.238. The molecular weight excluding hydrogens is 358 g/mol. The number of hydrogen-bond donors (Lipinski definition) is 2. The van der Waals surface area contributed by atoms with Crippen molar-refractivity contribution in [1.29, 1.82) is 0 Å². The molecule has 7 heteroatoms. The number of fused-ring (bicyclic) bond motifs is 1. The number of amidine groups is 1. The van der Waals surface area contributed by atoms with Gasteiger partial charge in [0.2, 0.25) is 5.75 Å². The fourth-order valence-corrected chi connectivity index (χ4v) is 3.45. The summed E-state index contributed by atoms with van der Waals surface area (Å²) in [5.74, 6) is 1.93. The van der Waals surface area contributed by atoms with E-state index in [-0.39, 0.29) is 5.78 Å². The molecular formula is C21H21N3O4. The van der Waals surface area contributed by atoms with Crippen LogP contribution in [-0.2, 0) is 0 Å². The van der Waals surface area contributed by atoms with Crippen molar-refractivity contribution in [3.05, 3.63) is 53.7 Å². The molecule has 0 spiro atoms. The van der Waals surface area contributed by atoms with Crippen LogP contribution >= 0.6 is 0 Å². The lowest BCUT2D eigenvalue weighted by Gasteiger charge is -2.14. The maximum Gasteiger partial charge on any atom is 0.203 e. The highest BCUT2D eigenvalue weighted by Crippen LogP contribution is 2.38. The predicted molar refractivity (Wildman–Crippen MR) is 107 cm³/mol. The number of hydrogen-bond acceptors (Lipinski definition) is 6. The standard InChI is InChI=1S/C21H21N3O4/c1-26-16-9-13(10-17(27-2)20(16)28-3)19(25)15-11-23-21(24-15)14-6-4-5-12-7-8-22-18(12)14/h4-10,15,22H,11H2,1-3H3,(H,23,24). The van der Waals surface area contributed by atoms with E-state index in [0.717, 1.165) is 16.5 Å². The topological polar surface area (TPSA) is 84.9 Å². The molecule has 0 amide bonds. The van der Waals surface area contributed by atoms with E-state index in [1.54, 1.807) is 12.1 Å². The molecule has 1 atom stereocenters. The van der Waals surface area contributed by atoms with Crippen LogP contribution in [0.5, 0.6) is 17.2 Å². The molecule has 0 radical (unpaired) electrons. The molecule has 4 rings (SSSR count). The second kappa shape index (κ2) is 7.26. The maximum absolute atomic E-state index is 13.1. The quantitative estimate of drug-likeness (QED) is 0.644. The minimum absolute atomic E-state index is 0.111. The van der Waals surface area contributed by atoms with Gasteiger partial charge >= 0.3 is 0 Å². The van der Waals surface area contributed by atoms with E-state index in [1.165, 1.54) is 21.3 Å². The number of rotatable bonds is 6. The van der Waals surface area contributed by atoms with Crippen molar-refractivity contribution in [2.24, 2.45) is 4.99 Å². The normalized spacial score (nSPS) is 15.8. The van der Waals surface area contributed by atoms with Gasteiger partial charge in [0.25, 0.3) is 0 Å². The van der Waals surface area contributed by atoms with Crippen molar-refractivity contribution in [3.63, 3.8) is 0 Å². The average Bonchev–Trinajstić information content (AvgIpc) is 3.41. The Bertz CT molecular complexity index is 1050. The number of aromatic amines is 1. The molecule has 1 aliphatic rings. The molecule has 1 aliphatic heterocycles. The number of ether oxygens (including phenoxy) is 3. The van der Waals surface area contributed by atoms with Crippen LogP contribution in [0.4, 0.5) is 0 Å². The number of aromatic nitrogens is 1. The van der Waals surface area contributed by atoms with Crippen LogP contribution in [0.25, 0.3) is 10.9 Å². The monoisotopic (exact) mass is 379 g/mol. The first-order valence-electron chi connectivity index (χ1n) is 8.88. The number of methoxy groups -OCH3 is 3. The lowest BCUT2D eigenvalue weighted by atomic mass is 10.0. The number of carbonyl (C=O) groups excluding carboxylic acids is 1. The molecule has 0 bridgehead atoms. The highest BCUT2D eigenvalue weighted by atomic mass is 16.5. The molecule has 0 aliphatic carbocycles. The van der Waals surface area contributed by atoms with Crippen LogP contribution in [-0.4, -0.2) is 50.5 Å². The van der Waals surface area contributed by atoms with Gasteiger partial charge in [-0.1, -0.05) is 12.1 Å². The Hall–Kier alpha value is -3.48. The summed E-state index contributed by atoms with van der Waals surface area (Å²) in [5.41, 5.74) is 2.40. The number of H-pyrrole nitrogens is 1. The Morgan fingerprint density at radius 2 is 1.82 bits per heavy atom. The van der Waals surface area contributed by atoms with E-state index in [9.17, 15) is 4.79 Å². The molecule has 144 valence electrons. The van der Waals surface area contributed by atoms with Crippen LogP contribution in [0.2, 0.25) is 0 Å². The molecule has 0 saturated carbocycles. The van der Waals surface area contributed by atoms with Gasteiger partial charge in [0.05, 0.1) is 26.8 Å². The number of nitrogens with one attached hydrogen (secondary N) is 2. The SMILES string of the molecule is COc1cc(C(=O)C2CNC(c3cccc4cc[nH]c34)=N2)cc(OC)c1OC. The lowest BCUT2D eigenvalue weighted by molar-refractivity contribution is 0.0966. The van der Waals surface area contributed by atoms with Gasteiger partial charge in [-0.2, -0.15) is 0 Å². The largest absolute Gasteiger partial charge is 0.493 e. The zero-order valence-corrected chi connectivity index (χ0v) is 15.9. The molecule has 7 nitrogen and oxygen atoms in total. The Balaban J connectivity index is 1.67. The van der Waals surface area contributed by atoms with Crippen molar-refractivity contribution in [2.75, 3.05) is 27.9 Å². The van der Waals surface area contributed by atoms with Crippen molar-refractivity contribution >= 4 is 22.5 Å². The van der Waals surface area contributed by atoms with Gasteiger partial charge in [-0.15, -0.1) is 0 Å². The summed E-state index contributed by atoms with van der Waals surface area (Å²) in [6.07, 6.45) is 1.89. The first-order valence-corrected chi connectivity index (χ1v) is 8.88. The Labute approximate surface area is 162 Å². The van der Waals surface area contributed by atoms with Crippen molar-refractivity contribution in [2.45, 2.75) is 6.04 Å². The number of nitrogens with zero attached hydrogens (tertiary/aromatic N) is 1. The number of benzene rings is 2. The predicted octanol–water partition coefficient (Wildman–Crippen LogP) is 2.80. The number of carbonyl (C=O) groups is 1. The smallest absolute Gasteiger partial charge is 0.203 e. The Morgan fingerprint density at radius 3 is 2.50 bits per heavy atom. The number of ketones is 1. The molecule has 1 unspecified atom stereocenters. The van der Waals surface area contributed by atoms with Crippen LogP contribution in [0.1, 0.15) is 15.9 Å². The van der Waals surface area contributed by atoms with E-state index >= 15 is 0 Å². The van der Waals surface area contributed by atoms with Crippen molar-refractivity contribution in [1.82, 2.24) is 10.3 Å². The zero-order chi connectivity index (χ0) is 19.7. The molecule has 1 aromatic heterocycles. The van der Waals surface area contributed by atoms with E-state index in [2.05, 4.69) is 15.3 Å². The summed E-state index contributed by atoms with van der Waals surface area (Å²) in [4.78, 5) is 20.9. The Morgan fingerprint density at radius 1 is 1.07 bits per heavy atom. The number of Topliss-reactive ketones (excluding diaryl/α,β-unsaturated/α-hetero) is 1. The van der Waals surface area contributed by atoms with E-state index < -0.39 is 6.04 Å². The van der Waals surface area contributed by atoms with Gasteiger partial charge in [-0.05, 0) is 24.3 Å². The van der Waals surface area contributed by atoms with Crippen LogP contribution in [0.3, 0.4) is 0 Å². The molecule has 3 aromatic rings. The van der Waals surface area contributed by atoms with Crippen molar-refractivity contribution < 1.29 is 19.0 Å². The fourth-order valence-electron chi connectivity index (χ4n) is 3.45. The van der Waals surface area contributed by atoms with Gasteiger partial charge in [0.15, 0.2) is 17.3 Å². The summed E-state index contributed by atoms with van der Waals surface area (Å²) in [6.45, 7) is 0.432. The minimum Gasteiger partial charge on any atom is -0.493 e. The molecule has 2 aromatic carbocycles. The van der Waals surface area contributed by atoms with Crippen LogP contribution in [0.15, 0.2) is 47.6 Å². The summed E-state index contributed by atoms with van der Waals surface area (Å²) >= 11 is 0. The molecule has 2 heterocycles. The lowest BCUT2D eigenvalue weighted by Crippen LogP contribution is -2.26. The summed E-state index contributed by atoms with van der Waals surface area (Å²) in [5, 5.41) is 4.36. The summed E-state index contributed by atoms with van der Waals surface area (Å²) in [7, 11) is 4.58. The average molecular weight is 379 g/mol. The Kier molecular flexibility index (Phi) is 4.65. The molecule has 2 N–H and O–H groups in total. The molecule has 0 fully saturated rings. The highest BCUT2D eigenvalue weighted by molar-refractivity contribution is 6.12. The van der Waals surface area contributed by atoms with Gasteiger partial charge in [0.1, 0.15) is 11.9 Å². The van der Waals surface area contributed by atoms with Gasteiger partial charge in [-0.3, -0.25) is 9.79 Å². The third kappa shape index (κ3) is 2.94. The van der Waals surface area contributed by atoms with Crippen LogP contribution < -0.4 is 19.5 Å². The zero-order valence-electron chi connectivity index (χ0n) is 15.9. The van der Waals surface area contributed by atoms with E-state index in [1.807, 2.05) is 30.5 Å². The first-order chi connectivity index (χ1) is 13.7. The van der Waals surface area contributed by atoms with Crippen molar-refractivity contribution in [3.8, 4) is 17.2 Å². The molecule has 28 heavy (non-hydrogen) atoms. The van der Waals surface area contributed by atoms with Gasteiger partial charge < -0.3 is 24.5 Å². The number of para-hydroxylation sites is 1. The third-order valence-electron chi connectivity index (χ3n) is 4.84. The van der Waals surface area contributed by atoms with Gasteiger partial charge in [0, 0.05) is 29.3 Å². The first kappa shape index (κ1) is 17.9. The summed E-state index contributed by atoms with van der Waals surface area (Å²) < 4.78 is 16.0.